The van der Waals surface area contributed by atoms with Crippen LogP contribution in [0.1, 0.15) is 309 Å². The minimum Gasteiger partial charge on any atom is -0.462 e. The second-order valence-electron chi connectivity index (χ2n) is 20.9. The molecule has 0 bridgehead atoms. The summed E-state index contributed by atoms with van der Waals surface area (Å²) in [6.07, 6.45) is 73.4. The molecule has 0 saturated heterocycles. The molecule has 0 fully saturated rings. The van der Waals surface area contributed by atoms with Crippen LogP contribution in [0.15, 0.2) is 48.6 Å². The number of phosphoric acid groups is 1. The third kappa shape index (κ3) is 59.1. The van der Waals surface area contributed by atoms with Crippen molar-refractivity contribution in [1.29, 1.82) is 0 Å². The summed E-state index contributed by atoms with van der Waals surface area (Å²) in [5.41, 5.74) is 5.38. The van der Waals surface area contributed by atoms with Gasteiger partial charge in [-0.2, -0.15) is 0 Å². The Morgan fingerprint density at radius 3 is 1.12 bits per heavy atom. The van der Waals surface area contributed by atoms with E-state index < -0.39 is 26.5 Å². The number of phosphoric ester groups is 1. The molecular formula is C63H118NO8P. The first-order valence-corrected chi connectivity index (χ1v) is 32.6. The molecule has 0 heterocycles. The minimum absolute atomic E-state index is 0.0506. The summed E-state index contributed by atoms with van der Waals surface area (Å²) < 4.78 is 33.0. The molecule has 0 rings (SSSR count). The minimum atomic E-state index is -4.39. The molecule has 3 N–H and O–H groups in total. The first-order chi connectivity index (χ1) is 35.8. The average Bonchev–Trinajstić information content (AvgIpc) is 3.38. The van der Waals surface area contributed by atoms with E-state index in [9.17, 15) is 19.0 Å². The molecule has 0 spiro atoms. The standard InChI is InChI=1S/C63H118NO8P/c1-3-5-7-9-11-13-15-17-19-21-23-24-25-26-27-28-29-30-31-32-33-34-35-36-38-39-41-43-45-47-49-51-53-55-62(65)69-59-61(60-71-73(67,68)70-58-57-64)72-63(66)56-54-52-50-48-46-44-42-40-37-22-20-18-16-14-12-10-8-6-4-2/h6,8,12,14,18,20,37,40,61H,3-5,7,9-11,13,15-17,19,21-36,38-39,41-60,64H2,1-2H3,(H,67,68)/b8-6-,14-12-,20-18-,40-37-. The molecule has 0 radical (unpaired) electrons. The Balaban J connectivity index is 3.84. The molecule has 0 aliphatic heterocycles. The number of carbonyl (C=O) groups excluding carboxylic acids is 2. The van der Waals surface area contributed by atoms with Gasteiger partial charge in [0.1, 0.15) is 6.61 Å². The van der Waals surface area contributed by atoms with E-state index in [4.69, 9.17) is 24.3 Å². The Morgan fingerprint density at radius 2 is 0.753 bits per heavy atom. The van der Waals surface area contributed by atoms with Gasteiger partial charge in [0, 0.05) is 19.4 Å². The van der Waals surface area contributed by atoms with Crippen LogP contribution in [0.5, 0.6) is 0 Å². The van der Waals surface area contributed by atoms with Crippen molar-refractivity contribution in [3.05, 3.63) is 48.6 Å². The van der Waals surface area contributed by atoms with Crippen molar-refractivity contribution in [2.75, 3.05) is 26.4 Å². The second kappa shape index (κ2) is 59.2. The van der Waals surface area contributed by atoms with Gasteiger partial charge < -0.3 is 20.1 Å². The highest BCUT2D eigenvalue weighted by Gasteiger charge is 2.26. The molecule has 0 aromatic carbocycles. The molecule has 0 aromatic heterocycles. The summed E-state index contributed by atoms with van der Waals surface area (Å²) in [5, 5.41) is 0. The molecule has 0 saturated carbocycles. The summed E-state index contributed by atoms with van der Waals surface area (Å²) in [4.78, 5) is 35.2. The molecule has 73 heavy (non-hydrogen) atoms. The number of hydrogen-bond donors (Lipinski definition) is 2. The number of allylic oxidation sites excluding steroid dienone is 8. The van der Waals surface area contributed by atoms with E-state index >= 15 is 0 Å². The van der Waals surface area contributed by atoms with E-state index in [2.05, 4.69) is 62.5 Å². The molecular weight excluding hydrogens is 930 g/mol. The highest BCUT2D eigenvalue weighted by Crippen LogP contribution is 2.43. The van der Waals surface area contributed by atoms with Gasteiger partial charge in [0.05, 0.1) is 13.2 Å². The summed E-state index contributed by atoms with van der Waals surface area (Å²) in [7, 11) is -4.39. The van der Waals surface area contributed by atoms with Crippen LogP contribution >= 0.6 is 7.82 Å². The van der Waals surface area contributed by atoms with Gasteiger partial charge >= 0.3 is 19.8 Å². The van der Waals surface area contributed by atoms with Gasteiger partial charge in [-0.15, -0.1) is 0 Å². The zero-order valence-corrected chi connectivity index (χ0v) is 48.8. The average molecular weight is 1050 g/mol. The summed E-state index contributed by atoms with van der Waals surface area (Å²) in [5.74, 6) is -0.832. The molecule has 2 unspecified atom stereocenters. The topological polar surface area (TPSA) is 134 Å². The Labute approximate surface area is 451 Å². The second-order valence-corrected chi connectivity index (χ2v) is 22.4. The summed E-state index contributed by atoms with van der Waals surface area (Å²) >= 11 is 0. The van der Waals surface area contributed by atoms with Crippen molar-refractivity contribution in [1.82, 2.24) is 0 Å². The number of nitrogens with two attached hydrogens (primary N) is 1. The third-order valence-corrected chi connectivity index (χ3v) is 14.7. The predicted octanol–water partition coefficient (Wildman–Crippen LogP) is 19.7. The lowest BCUT2D eigenvalue weighted by atomic mass is 10.0. The monoisotopic (exact) mass is 1050 g/mol. The maximum Gasteiger partial charge on any atom is 0.472 e. The highest BCUT2D eigenvalue weighted by atomic mass is 31.2. The molecule has 9 nitrogen and oxygen atoms in total. The van der Waals surface area contributed by atoms with E-state index in [-0.39, 0.29) is 38.6 Å². The van der Waals surface area contributed by atoms with Crippen LogP contribution in [0.25, 0.3) is 0 Å². The first-order valence-electron chi connectivity index (χ1n) is 31.1. The fourth-order valence-electron chi connectivity index (χ4n) is 9.16. The lowest BCUT2D eigenvalue weighted by Crippen LogP contribution is -2.29. The molecule has 10 heteroatoms. The lowest BCUT2D eigenvalue weighted by molar-refractivity contribution is -0.161. The van der Waals surface area contributed by atoms with Crippen molar-refractivity contribution >= 4 is 19.8 Å². The van der Waals surface area contributed by atoms with Crippen LogP contribution in [-0.4, -0.2) is 49.3 Å². The SMILES string of the molecule is CC/C=C\C/C=C\C/C=C\C/C=C\CCCCCCCCC(=O)OC(COC(=O)CCCCCCCCCCCCCCCCCCCCCCCCCCCCCCCCCCC)COP(=O)(O)OCCN. The van der Waals surface area contributed by atoms with Gasteiger partial charge in [0.15, 0.2) is 6.10 Å². The van der Waals surface area contributed by atoms with Gasteiger partial charge in [-0.05, 0) is 51.4 Å². The Hall–Kier alpha value is -2.03. The van der Waals surface area contributed by atoms with E-state index in [0.717, 1.165) is 83.5 Å². The van der Waals surface area contributed by atoms with E-state index in [1.807, 2.05) is 0 Å². The van der Waals surface area contributed by atoms with Gasteiger partial charge in [0.25, 0.3) is 0 Å². The van der Waals surface area contributed by atoms with Crippen LogP contribution < -0.4 is 5.73 Å². The lowest BCUT2D eigenvalue weighted by Gasteiger charge is -2.19. The zero-order valence-electron chi connectivity index (χ0n) is 47.9. The summed E-state index contributed by atoms with van der Waals surface area (Å²) in [6.45, 7) is 3.66. The Kier molecular flexibility index (Phi) is 57.6. The maximum absolute atomic E-state index is 12.7. The molecule has 2 atom stereocenters. The van der Waals surface area contributed by atoms with Crippen LogP contribution in [0.3, 0.4) is 0 Å². The maximum atomic E-state index is 12.7. The fraction of sp³-hybridized carbons (Fsp3) is 0.841. The molecule has 0 aliphatic rings. The molecule has 428 valence electrons. The van der Waals surface area contributed by atoms with Crippen molar-refractivity contribution in [3.8, 4) is 0 Å². The zero-order chi connectivity index (χ0) is 53.1. The largest absolute Gasteiger partial charge is 0.472 e. The van der Waals surface area contributed by atoms with E-state index in [1.165, 1.54) is 193 Å². The van der Waals surface area contributed by atoms with Crippen LogP contribution in [-0.2, 0) is 32.7 Å². The first kappa shape index (κ1) is 71.0. The van der Waals surface area contributed by atoms with Crippen LogP contribution in [0.4, 0.5) is 0 Å². The molecule has 0 aliphatic carbocycles. The number of esters is 2. The number of ether oxygens (including phenoxy) is 2. The van der Waals surface area contributed by atoms with Crippen molar-refractivity contribution in [2.24, 2.45) is 5.73 Å². The number of rotatable bonds is 59. The van der Waals surface area contributed by atoms with Gasteiger partial charge in [-0.1, -0.05) is 294 Å². The molecule has 0 aromatic rings. The fourth-order valence-corrected chi connectivity index (χ4v) is 9.93. The number of carbonyl (C=O) groups is 2. The van der Waals surface area contributed by atoms with E-state index in [1.54, 1.807) is 0 Å². The number of unbranched alkanes of at least 4 members (excludes halogenated alkanes) is 38. The van der Waals surface area contributed by atoms with Crippen molar-refractivity contribution in [2.45, 2.75) is 315 Å². The Morgan fingerprint density at radius 1 is 0.425 bits per heavy atom. The van der Waals surface area contributed by atoms with Crippen LogP contribution in [0.2, 0.25) is 0 Å². The summed E-state index contributed by atoms with van der Waals surface area (Å²) in [6, 6.07) is 0. The van der Waals surface area contributed by atoms with Gasteiger partial charge in [-0.25, -0.2) is 4.57 Å². The number of hydrogen-bond acceptors (Lipinski definition) is 8. The smallest absolute Gasteiger partial charge is 0.462 e. The third-order valence-electron chi connectivity index (χ3n) is 13.7. The quantitative estimate of drug-likeness (QED) is 0.0264. The van der Waals surface area contributed by atoms with Crippen molar-refractivity contribution in [3.63, 3.8) is 0 Å². The van der Waals surface area contributed by atoms with Crippen LogP contribution in [0, 0.1) is 0 Å². The van der Waals surface area contributed by atoms with E-state index in [0.29, 0.717) is 6.42 Å². The highest BCUT2D eigenvalue weighted by molar-refractivity contribution is 7.47. The normalized spacial score (nSPS) is 13.3. The van der Waals surface area contributed by atoms with Crippen molar-refractivity contribution < 1.29 is 37.6 Å². The Bertz CT molecular complexity index is 1330. The van der Waals surface area contributed by atoms with Gasteiger partial charge in [-0.3, -0.25) is 18.6 Å². The predicted molar refractivity (Wildman–Crippen MR) is 312 cm³/mol. The van der Waals surface area contributed by atoms with Gasteiger partial charge in [0.2, 0.25) is 0 Å². The molecule has 0 amide bonds.